The minimum atomic E-state index is -0.751. The number of hydrogen-bond acceptors (Lipinski definition) is 4. The van der Waals surface area contributed by atoms with E-state index in [4.69, 9.17) is 5.73 Å². The molecule has 0 unspecified atom stereocenters. The number of halogens is 2. The average Bonchev–Trinajstić information content (AvgIpc) is 3.16. The van der Waals surface area contributed by atoms with Crippen molar-refractivity contribution in [2.45, 2.75) is 32.2 Å². The first-order valence-electron chi connectivity index (χ1n) is 9.60. The fraction of sp³-hybridized carbons (Fsp3) is 0.227. The molecule has 0 fully saturated rings. The standard InChI is InChI=1S/C22H21F2N5O/c1-12(2)18-4-3-14(11-26-18)20-21(28-19-5-6-27-29(19)22(20)30)17(25)9-13-7-15(23)10-16(24)8-13/h3-8,10-12,17,27H,9,25H2,1-2H3/t17-/m0/s1. The number of aromatic amines is 1. The maximum absolute atomic E-state index is 13.6. The monoisotopic (exact) mass is 409 g/mol. The van der Waals surface area contributed by atoms with Gasteiger partial charge in [-0.25, -0.2) is 18.3 Å². The molecule has 1 aromatic carbocycles. The van der Waals surface area contributed by atoms with E-state index in [1.165, 1.54) is 16.6 Å². The summed E-state index contributed by atoms with van der Waals surface area (Å²) in [5.41, 5.74) is 9.00. The topological polar surface area (TPSA) is 89.1 Å². The van der Waals surface area contributed by atoms with E-state index in [9.17, 15) is 13.6 Å². The molecule has 30 heavy (non-hydrogen) atoms. The van der Waals surface area contributed by atoms with Crippen molar-refractivity contribution < 1.29 is 8.78 Å². The summed E-state index contributed by atoms with van der Waals surface area (Å²) in [5, 5.41) is 2.84. The van der Waals surface area contributed by atoms with Gasteiger partial charge in [0.2, 0.25) is 0 Å². The molecule has 0 spiro atoms. The molecule has 4 aromatic rings. The summed E-state index contributed by atoms with van der Waals surface area (Å²) in [4.78, 5) is 22.2. The van der Waals surface area contributed by atoms with Gasteiger partial charge in [0, 0.05) is 35.8 Å². The van der Waals surface area contributed by atoms with Gasteiger partial charge >= 0.3 is 0 Å². The van der Waals surface area contributed by atoms with Gasteiger partial charge in [0.25, 0.3) is 5.56 Å². The summed E-state index contributed by atoms with van der Waals surface area (Å²) in [6.45, 7) is 4.06. The molecule has 0 amide bonds. The van der Waals surface area contributed by atoms with E-state index in [0.29, 0.717) is 28.0 Å². The lowest BCUT2D eigenvalue weighted by Crippen LogP contribution is -2.25. The molecule has 0 aliphatic rings. The van der Waals surface area contributed by atoms with Crippen molar-refractivity contribution in [3.05, 3.63) is 87.7 Å². The fourth-order valence-corrected chi connectivity index (χ4v) is 3.49. The summed E-state index contributed by atoms with van der Waals surface area (Å²) in [6, 6.07) is 7.84. The van der Waals surface area contributed by atoms with Crippen molar-refractivity contribution in [1.29, 1.82) is 0 Å². The molecular weight excluding hydrogens is 388 g/mol. The summed E-state index contributed by atoms with van der Waals surface area (Å²) in [7, 11) is 0. The van der Waals surface area contributed by atoms with Crippen LogP contribution in [0.25, 0.3) is 16.8 Å². The molecule has 0 radical (unpaired) electrons. The van der Waals surface area contributed by atoms with Crippen LogP contribution in [0.1, 0.15) is 42.8 Å². The van der Waals surface area contributed by atoms with Crippen LogP contribution < -0.4 is 11.3 Å². The Balaban J connectivity index is 1.83. The van der Waals surface area contributed by atoms with Gasteiger partial charge in [0.05, 0.1) is 17.3 Å². The van der Waals surface area contributed by atoms with Gasteiger partial charge in [0.15, 0.2) is 5.65 Å². The zero-order chi connectivity index (χ0) is 21.4. The van der Waals surface area contributed by atoms with Crippen molar-refractivity contribution in [3.8, 4) is 11.1 Å². The summed E-state index contributed by atoms with van der Waals surface area (Å²) in [6.07, 6.45) is 3.35. The van der Waals surface area contributed by atoms with Gasteiger partial charge in [-0.2, -0.15) is 0 Å². The van der Waals surface area contributed by atoms with Crippen LogP contribution in [-0.4, -0.2) is 19.6 Å². The first kappa shape index (κ1) is 19.9. The number of nitrogens with zero attached hydrogens (tertiary/aromatic N) is 3. The highest BCUT2D eigenvalue weighted by Gasteiger charge is 2.21. The predicted octanol–water partition coefficient (Wildman–Crippen LogP) is 3.73. The second kappa shape index (κ2) is 7.79. The smallest absolute Gasteiger partial charge is 0.280 e. The summed E-state index contributed by atoms with van der Waals surface area (Å²) in [5.74, 6) is -1.12. The first-order chi connectivity index (χ1) is 14.3. The maximum atomic E-state index is 13.6. The van der Waals surface area contributed by atoms with Crippen LogP contribution in [0, 0.1) is 11.6 Å². The minimum absolute atomic E-state index is 0.117. The number of nitrogens with two attached hydrogens (primary N) is 1. The Hall–Kier alpha value is -3.39. The molecule has 0 aliphatic carbocycles. The van der Waals surface area contributed by atoms with E-state index in [-0.39, 0.29) is 17.9 Å². The number of benzene rings is 1. The molecule has 3 N–H and O–H groups in total. The molecule has 3 heterocycles. The Morgan fingerprint density at radius 3 is 2.50 bits per heavy atom. The third-order valence-electron chi connectivity index (χ3n) is 4.97. The lowest BCUT2D eigenvalue weighted by molar-refractivity contribution is 0.575. The van der Waals surface area contributed by atoms with Gasteiger partial charge in [-0.3, -0.25) is 14.9 Å². The predicted molar refractivity (Wildman–Crippen MR) is 110 cm³/mol. The number of hydrogen-bond donors (Lipinski definition) is 2. The Labute approximate surface area is 171 Å². The highest BCUT2D eigenvalue weighted by molar-refractivity contribution is 5.66. The molecule has 6 nitrogen and oxygen atoms in total. The third-order valence-corrected chi connectivity index (χ3v) is 4.97. The third kappa shape index (κ3) is 3.73. The summed E-state index contributed by atoms with van der Waals surface area (Å²) >= 11 is 0. The van der Waals surface area contributed by atoms with Crippen molar-refractivity contribution in [1.82, 2.24) is 19.6 Å². The quantitative estimate of drug-likeness (QED) is 0.526. The molecule has 3 aromatic heterocycles. The second-order valence-corrected chi connectivity index (χ2v) is 7.55. The zero-order valence-corrected chi connectivity index (χ0v) is 16.6. The lowest BCUT2D eigenvalue weighted by atomic mass is 9.97. The van der Waals surface area contributed by atoms with Crippen LogP contribution in [-0.2, 0) is 6.42 Å². The fourth-order valence-electron chi connectivity index (χ4n) is 3.49. The lowest BCUT2D eigenvalue weighted by Gasteiger charge is -2.16. The number of H-pyrrole nitrogens is 1. The van der Waals surface area contributed by atoms with Gasteiger partial charge < -0.3 is 5.73 Å². The highest BCUT2D eigenvalue weighted by atomic mass is 19.1. The number of pyridine rings is 1. The molecule has 4 rings (SSSR count). The van der Waals surface area contributed by atoms with Crippen LogP contribution in [0.15, 0.2) is 53.6 Å². The number of rotatable bonds is 5. The van der Waals surface area contributed by atoms with E-state index >= 15 is 0 Å². The molecule has 8 heteroatoms. The Morgan fingerprint density at radius 1 is 1.13 bits per heavy atom. The molecule has 0 bridgehead atoms. The number of nitrogens with one attached hydrogen (secondary N) is 1. The van der Waals surface area contributed by atoms with E-state index in [1.807, 2.05) is 26.0 Å². The average molecular weight is 409 g/mol. The molecule has 154 valence electrons. The molecule has 0 aliphatic heterocycles. The van der Waals surface area contributed by atoms with Crippen molar-refractivity contribution in [3.63, 3.8) is 0 Å². The highest BCUT2D eigenvalue weighted by Crippen LogP contribution is 2.26. The molecule has 0 saturated carbocycles. The van der Waals surface area contributed by atoms with E-state index in [2.05, 4.69) is 15.1 Å². The van der Waals surface area contributed by atoms with Gasteiger partial charge in [0.1, 0.15) is 11.6 Å². The Kier molecular flexibility index (Phi) is 5.17. The molecule has 0 saturated heterocycles. The summed E-state index contributed by atoms with van der Waals surface area (Å²) < 4.78 is 28.5. The first-order valence-corrected chi connectivity index (χ1v) is 9.60. The number of aromatic nitrogens is 4. The zero-order valence-electron chi connectivity index (χ0n) is 16.6. The van der Waals surface area contributed by atoms with Crippen molar-refractivity contribution in [2.75, 3.05) is 0 Å². The van der Waals surface area contributed by atoms with Crippen LogP contribution in [0.3, 0.4) is 0 Å². The molecule has 1 atom stereocenters. The Morgan fingerprint density at radius 2 is 1.87 bits per heavy atom. The normalized spacial score (nSPS) is 12.6. The Bertz CT molecular complexity index is 1240. The largest absolute Gasteiger partial charge is 0.322 e. The second-order valence-electron chi connectivity index (χ2n) is 7.55. The van der Waals surface area contributed by atoms with Gasteiger partial charge in [-0.1, -0.05) is 19.9 Å². The molecular formula is C22H21F2N5O. The SMILES string of the molecule is CC(C)c1ccc(-c2c([C@@H](N)Cc3cc(F)cc(F)c3)nc3cc[nH]n3c2=O)cn1. The van der Waals surface area contributed by atoms with E-state index < -0.39 is 17.7 Å². The van der Waals surface area contributed by atoms with Crippen molar-refractivity contribution in [2.24, 2.45) is 5.73 Å². The van der Waals surface area contributed by atoms with E-state index in [1.54, 1.807) is 18.5 Å². The maximum Gasteiger partial charge on any atom is 0.280 e. The van der Waals surface area contributed by atoms with E-state index in [0.717, 1.165) is 11.8 Å². The van der Waals surface area contributed by atoms with Crippen LogP contribution in [0.5, 0.6) is 0 Å². The van der Waals surface area contributed by atoms with Crippen LogP contribution in [0.4, 0.5) is 8.78 Å². The van der Waals surface area contributed by atoms with Crippen molar-refractivity contribution >= 4 is 5.65 Å². The van der Waals surface area contributed by atoms with Crippen LogP contribution >= 0.6 is 0 Å². The number of fused-ring (bicyclic) bond motifs is 1. The van der Waals surface area contributed by atoms with Gasteiger partial charge in [-0.05, 0) is 36.1 Å². The minimum Gasteiger partial charge on any atom is -0.322 e. The van der Waals surface area contributed by atoms with Gasteiger partial charge in [-0.15, -0.1) is 0 Å². The van der Waals surface area contributed by atoms with Crippen LogP contribution in [0.2, 0.25) is 0 Å².